The summed E-state index contributed by atoms with van der Waals surface area (Å²) in [5.41, 5.74) is 0.997. The quantitative estimate of drug-likeness (QED) is 0.792. The lowest BCUT2D eigenvalue weighted by atomic mass is 10.1. The Kier molecular flexibility index (Phi) is 2.84. The summed E-state index contributed by atoms with van der Waals surface area (Å²) in [6.07, 6.45) is 0. The molecule has 3 nitrogen and oxygen atoms in total. The molecule has 4 heteroatoms. The highest BCUT2D eigenvalue weighted by molar-refractivity contribution is 9.10. The summed E-state index contributed by atoms with van der Waals surface area (Å²) in [5.74, 6) is 0.0503. The normalized spacial score (nSPS) is 21.8. The number of amides is 1. The van der Waals surface area contributed by atoms with E-state index in [0.29, 0.717) is 6.54 Å². The molecule has 0 saturated carbocycles. The van der Waals surface area contributed by atoms with Crippen molar-refractivity contribution in [3.63, 3.8) is 0 Å². The number of hydrogen-bond donors (Lipinski definition) is 2. The van der Waals surface area contributed by atoms with Crippen LogP contribution < -0.4 is 10.6 Å². The van der Waals surface area contributed by atoms with Crippen LogP contribution in [-0.2, 0) is 4.79 Å². The van der Waals surface area contributed by atoms with Crippen LogP contribution in [0.15, 0.2) is 28.7 Å². The minimum atomic E-state index is -0.207. The van der Waals surface area contributed by atoms with E-state index < -0.39 is 0 Å². The van der Waals surface area contributed by atoms with Gasteiger partial charge in [-0.05, 0) is 17.7 Å². The standard InChI is InChI=1S/C10H11BrN2O/c11-8-3-1-2-7(6-8)9-10(14)13-5-4-12-9/h1-3,6,9,12H,4-5H2,(H,13,14). The first-order valence-corrected chi connectivity index (χ1v) is 5.33. The maximum atomic E-state index is 11.5. The van der Waals surface area contributed by atoms with Gasteiger partial charge in [0, 0.05) is 17.6 Å². The molecule has 1 aromatic rings. The highest BCUT2D eigenvalue weighted by atomic mass is 79.9. The summed E-state index contributed by atoms with van der Waals surface area (Å²) >= 11 is 3.39. The van der Waals surface area contributed by atoms with Crippen LogP contribution in [0.4, 0.5) is 0 Å². The van der Waals surface area contributed by atoms with Gasteiger partial charge < -0.3 is 10.6 Å². The minimum absolute atomic E-state index is 0.0503. The summed E-state index contributed by atoms with van der Waals surface area (Å²) in [7, 11) is 0. The minimum Gasteiger partial charge on any atom is -0.353 e. The molecule has 1 heterocycles. The molecule has 1 fully saturated rings. The maximum absolute atomic E-state index is 11.5. The van der Waals surface area contributed by atoms with Gasteiger partial charge in [0.2, 0.25) is 5.91 Å². The van der Waals surface area contributed by atoms with Crippen molar-refractivity contribution in [2.75, 3.05) is 13.1 Å². The SMILES string of the molecule is O=C1NCCNC1c1cccc(Br)c1. The number of piperazine rings is 1. The second-order valence-electron chi connectivity index (χ2n) is 3.23. The Morgan fingerprint density at radius 3 is 2.93 bits per heavy atom. The van der Waals surface area contributed by atoms with E-state index in [4.69, 9.17) is 0 Å². The lowest BCUT2D eigenvalue weighted by Gasteiger charge is -2.23. The third-order valence-electron chi connectivity index (χ3n) is 2.22. The van der Waals surface area contributed by atoms with Crippen LogP contribution in [0, 0.1) is 0 Å². The lowest BCUT2D eigenvalue weighted by molar-refractivity contribution is -0.124. The molecule has 14 heavy (non-hydrogen) atoms. The Hall–Kier alpha value is -0.870. The van der Waals surface area contributed by atoms with Crippen molar-refractivity contribution in [2.45, 2.75) is 6.04 Å². The number of benzene rings is 1. The van der Waals surface area contributed by atoms with E-state index in [0.717, 1.165) is 16.6 Å². The van der Waals surface area contributed by atoms with Crippen LogP contribution in [0.1, 0.15) is 11.6 Å². The molecule has 0 radical (unpaired) electrons. The molecule has 1 amide bonds. The fourth-order valence-corrected chi connectivity index (χ4v) is 1.97. The third kappa shape index (κ3) is 1.96. The number of nitrogens with one attached hydrogen (secondary N) is 2. The van der Waals surface area contributed by atoms with Gasteiger partial charge in [0.15, 0.2) is 0 Å². The molecule has 1 unspecified atom stereocenters. The number of hydrogen-bond acceptors (Lipinski definition) is 2. The molecule has 1 aliphatic heterocycles. The predicted molar refractivity (Wildman–Crippen MR) is 57.9 cm³/mol. The number of carbonyl (C=O) groups excluding carboxylic acids is 1. The fraction of sp³-hybridized carbons (Fsp3) is 0.300. The smallest absolute Gasteiger partial charge is 0.241 e. The Labute approximate surface area is 91.0 Å². The zero-order valence-corrected chi connectivity index (χ0v) is 9.17. The maximum Gasteiger partial charge on any atom is 0.241 e. The van der Waals surface area contributed by atoms with Crippen molar-refractivity contribution in [1.82, 2.24) is 10.6 Å². The van der Waals surface area contributed by atoms with Gasteiger partial charge in [-0.1, -0.05) is 28.1 Å². The average Bonchev–Trinajstić information content (AvgIpc) is 2.18. The van der Waals surface area contributed by atoms with Crippen molar-refractivity contribution < 1.29 is 4.79 Å². The van der Waals surface area contributed by atoms with Crippen molar-refractivity contribution in [3.8, 4) is 0 Å². The van der Waals surface area contributed by atoms with E-state index in [9.17, 15) is 4.79 Å². The van der Waals surface area contributed by atoms with E-state index in [1.165, 1.54) is 0 Å². The summed E-state index contributed by atoms with van der Waals surface area (Å²) in [6, 6.07) is 7.59. The molecule has 1 aromatic carbocycles. The van der Waals surface area contributed by atoms with Crippen molar-refractivity contribution >= 4 is 21.8 Å². The molecule has 1 aliphatic rings. The molecular formula is C10H11BrN2O. The summed E-state index contributed by atoms with van der Waals surface area (Å²) in [5, 5.41) is 6.01. The zero-order valence-electron chi connectivity index (χ0n) is 7.59. The van der Waals surface area contributed by atoms with Crippen LogP contribution in [0.2, 0.25) is 0 Å². The highest BCUT2D eigenvalue weighted by Crippen LogP contribution is 2.19. The van der Waals surface area contributed by atoms with Gasteiger partial charge in [-0.2, -0.15) is 0 Å². The summed E-state index contributed by atoms with van der Waals surface area (Å²) in [6.45, 7) is 1.53. The van der Waals surface area contributed by atoms with Crippen molar-refractivity contribution in [3.05, 3.63) is 34.3 Å². The van der Waals surface area contributed by atoms with E-state index in [1.54, 1.807) is 0 Å². The van der Waals surface area contributed by atoms with Gasteiger partial charge in [-0.15, -0.1) is 0 Å². The van der Waals surface area contributed by atoms with Crippen molar-refractivity contribution in [2.24, 2.45) is 0 Å². The second-order valence-corrected chi connectivity index (χ2v) is 4.15. The van der Waals surface area contributed by atoms with E-state index in [-0.39, 0.29) is 11.9 Å². The Morgan fingerprint density at radius 1 is 1.36 bits per heavy atom. The predicted octanol–water partition coefficient (Wildman–Crippen LogP) is 1.21. The first kappa shape index (κ1) is 9.68. The lowest BCUT2D eigenvalue weighted by Crippen LogP contribution is -2.47. The molecule has 0 aromatic heterocycles. The molecule has 2 N–H and O–H groups in total. The van der Waals surface area contributed by atoms with Gasteiger partial charge >= 0.3 is 0 Å². The number of rotatable bonds is 1. The Balaban J connectivity index is 2.24. The van der Waals surface area contributed by atoms with E-state index in [1.807, 2.05) is 24.3 Å². The monoisotopic (exact) mass is 254 g/mol. The first-order valence-electron chi connectivity index (χ1n) is 4.54. The first-order chi connectivity index (χ1) is 6.77. The molecule has 74 valence electrons. The zero-order chi connectivity index (χ0) is 9.97. The van der Waals surface area contributed by atoms with Crippen LogP contribution in [-0.4, -0.2) is 19.0 Å². The molecule has 0 aliphatic carbocycles. The van der Waals surface area contributed by atoms with Gasteiger partial charge in [-0.3, -0.25) is 4.79 Å². The largest absolute Gasteiger partial charge is 0.353 e. The fourth-order valence-electron chi connectivity index (χ4n) is 1.55. The van der Waals surface area contributed by atoms with Crippen LogP contribution in [0.5, 0.6) is 0 Å². The molecule has 1 saturated heterocycles. The Bertz CT molecular complexity index is 354. The van der Waals surface area contributed by atoms with Crippen LogP contribution in [0.3, 0.4) is 0 Å². The highest BCUT2D eigenvalue weighted by Gasteiger charge is 2.22. The summed E-state index contributed by atoms with van der Waals surface area (Å²) < 4.78 is 0.996. The van der Waals surface area contributed by atoms with Gasteiger partial charge in [-0.25, -0.2) is 0 Å². The second kappa shape index (κ2) is 4.11. The summed E-state index contributed by atoms with van der Waals surface area (Å²) in [4.78, 5) is 11.5. The van der Waals surface area contributed by atoms with Crippen LogP contribution >= 0.6 is 15.9 Å². The van der Waals surface area contributed by atoms with Gasteiger partial charge in [0.1, 0.15) is 6.04 Å². The van der Waals surface area contributed by atoms with Crippen molar-refractivity contribution in [1.29, 1.82) is 0 Å². The Morgan fingerprint density at radius 2 is 2.21 bits per heavy atom. The van der Waals surface area contributed by atoms with Gasteiger partial charge in [0.25, 0.3) is 0 Å². The number of carbonyl (C=O) groups is 1. The molecular weight excluding hydrogens is 244 g/mol. The van der Waals surface area contributed by atoms with Crippen LogP contribution in [0.25, 0.3) is 0 Å². The molecule has 2 rings (SSSR count). The molecule has 0 bridgehead atoms. The topological polar surface area (TPSA) is 41.1 Å². The third-order valence-corrected chi connectivity index (χ3v) is 2.71. The molecule has 0 spiro atoms. The van der Waals surface area contributed by atoms with E-state index in [2.05, 4.69) is 26.6 Å². The number of halogens is 1. The van der Waals surface area contributed by atoms with Gasteiger partial charge in [0.05, 0.1) is 0 Å². The van der Waals surface area contributed by atoms with E-state index >= 15 is 0 Å². The molecule has 1 atom stereocenters. The average molecular weight is 255 g/mol.